The van der Waals surface area contributed by atoms with Gasteiger partial charge in [0.05, 0.1) is 0 Å². The van der Waals surface area contributed by atoms with Crippen LogP contribution in [0.2, 0.25) is 5.82 Å². The van der Waals surface area contributed by atoms with Crippen molar-refractivity contribution in [2.45, 2.75) is 18.3 Å². The fourth-order valence-corrected chi connectivity index (χ4v) is 2.07. The zero-order valence-corrected chi connectivity index (χ0v) is 7.93. The molecule has 1 fully saturated rings. The van der Waals surface area contributed by atoms with E-state index in [-0.39, 0.29) is 11.9 Å². The van der Waals surface area contributed by atoms with Gasteiger partial charge in [0.25, 0.3) is 0 Å². The van der Waals surface area contributed by atoms with Crippen LogP contribution in [0.3, 0.4) is 0 Å². The lowest BCUT2D eigenvalue weighted by atomic mass is 9.67. The predicted octanol–water partition coefficient (Wildman–Crippen LogP) is 0.564. The van der Waals surface area contributed by atoms with Crippen molar-refractivity contribution in [2.24, 2.45) is 0 Å². The first-order valence-electron chi connectivity index (χ1n) is 4.93. The molecule has 2 atom stereocenters. The Morgan fingerprint density at radius 2 is 1.93 bits per heavy atom. The largest absolute Gasteiger partial charge is 0.456 e. The van der Waals surface area contributed by atoms with Crippen molar-refractivity contribution in [3.63, 3.8) is 0 Å². The first kappa shape index (κ1) is 9.71. The SMILES string of the molecule is OB(O)[C@@H]1CCN[C@@H]1c1ccccc1. The third-order valence-electron chi connectivity index (χ3n) is 2.81. The molecule has 1 aromatic rings. The average Bonchev–Trinajstić information content (AvgIpc) is 2.67. The molecule has 1 aliphatic rings. The zero-order valence-electron chi connectivity index (χ0n) is 7.93. The van der Waals surface area contributed by atoms with Gasteiger partial charge in [-0.2, -0.15) is 0 Å². The molecule has 0 aliphatic carbocycles. The summed E-state index contributed by atoms with van der Waals surface area (Å²) in [6, 6.07) is 10.0. The van der Waals surface area contributed by atoms with E-state index in [2.05, 4.69) is 5.32 Å². The molecule has 0 aromatic heterocycles. The highest BCUT2D eigenvalue weighted by Gasteiger charge is 2.36. The second kappa shape index (κ2) is 4.13. The summed E-state index contributed by atoms with van der Waals surface area (Å²) in [6.07, 6.45) is 0.817. The van der Waals surface area contributed by atoms with E-state index in [1.165, 1.54) is 0 Å². The summed E-state index contributed by atoms with van der Waals surface area (Å²) in [5, 5.41) is 21.7. The van der Waals surface area contributed by atoms with E-state index in [1.807, 2.05) is 30.3 Å². The fourth-order valence-electron chi connectivity index (χ4n) is 2.07. The Kier molecular flexibility index (Phi) is 2.86. The number of hydrogen-bond donors (Lipinski definition) is 3. The van der Waals surface area contributed by atoms with E-state index < -0.39 is 7.12 Å². The van der Waals surface area contributed by atoms with E-state index in [9.17, 15) is 10.0 Å². The van der Waals surface area contributed by atoms with Gasteiger partial charge >= 0.3 is 7.12 Å². The van der Waals surface area contributed by atoms with Crippen molar-refractivity contribution in [2.75, 3.05) is 6.54 Å². The minimum Gasteiger partial charge on any atom is -0.427 e. The Hall–Kier alpha value is -0.835. The monoisotopic (exact) mass is 191 g/mol. The molecule has 1 heterocycles. The summed E-state index contributed by atoms with van der Waals surface area (Å²) in [5.74, 6) is -0.0857. The van der Waals surface area contributed by atoms with Crippen LogP contribution in [0.25, 0.3) is 0 Å². The van der Waals surface area contributed by atoms with Gasteiger partial charge in [0, 0.05) is 11.9 Å². The highest BCUT2D eigenvalue weighted by Crippen LogP contribution is 2.34. The lowest BCUT2D eigenvalue weighted by Crippen LogP contribution is -2.26. The predicted molar refractivity (Wildman–Crippen MR) is 55.7 cm³/mol. The van der Waals surface area contributed by atoms with Gasteiger partial charge in [-0.05, 0) is 18.5 Å². The van der Waals surface area contributed by atoms with Crippen LogP contribution in [-0.2, 0) is 0 Å². The number of hydrogen-bond acceptors (Lipinski definition) is 3. The van der Waals surface area contributed by atoms with Crippen LogP contribution >= 0.6 is 0 Å². The van der Waals surface area contributed by atoms with Crippen molar-refractivity contribution in [1.82, 2.24) is 5.32 Å². The van der Waals surface area contributed by atoms with Gasteiger partial charge in [-0.1, -0.05) is 30.3 Å². The van der Waals surface area contributed by atoms with Crippen LogP contribution in [0.5, 0.6) is 0 Å². The third-order valence-corrected chi connectivity index (χ3v) is 2.81. The van der Waals surface area contributed by atoms with Crippen molar-refractivity contribution < 1.29 is 10.0 Å². The van der Waals surface area contributed by atoms with Gasteiger partial charge in [0.15, 0.2) is 0 Å². The topological polar surface area (TPSA) is 52.5 Å². The summed E-state index contributed by atoms with van der Waals surface area (Å²) < 4.78 is 0. The minimum absolute atomic E-state index is 0.0798. The van der Waals surface area contributed by atoms with Crippen molar-refractivity contribution in [3.05, 3.63) is 35.9 Å². The first-order chi connectivity index (χ1) is 6.79. The second-order valence-corrected chi connectivity index (χ2v) is 3.71. The fraction of sp³-hybridized carbons (Fsp3) is 0.400. The van der Waals surface area contributed by atoms with Crippen LogP contribution in [0.15, 0.2) is 30.3 Å². The van der Waals surface area contributed by atoms with E-state index in [0.717, 1.165) is 18.5 Å². The Morgan fingerprint density at radius 3 is 2.57 bits per heavy atom. The van der Waals surface area contributed by atoms with Crippen LogP contribution in [0.4, 0.5) is 0 Å². The molecule has 0 bridgehead atoms. The molecule has 0 saturated carbocycles. The minimum atomic E-state index is -1.23. The summed E-state index contributed by atoms with van der Waals surface area (Å²) >= 11 is 0. The molecule has 74 valence electrons. The highest BCUT2D eigenvalue weighted by atomic mass is 16.4. The van der Waals surface area contributed by atoms with Gasteiger partial charge < -0.3 is 15.4 Å². The molecule has 0 radical (unpaired) electrons. The first-order valence-corrected chi connectivity index (χ1v) is 4.93. The number of rotatable bonds is 2. The Morgan fingerprint density at radius 1 is 1.21 bits per heavy atom. The maximum Gasteiger partial charge on any atom is 0.456 e. The summed E-state index contributed by atoms with van der Waals surface area (Å²) in [6.45, 7) is 0.849. The molecule has 0 amide bonds. The molecule has 1 aliphatic heterocycles. The highest BCUT2D eigenvalue weighted by molar-refractivity contribution is 6.43. The standard InChI is InChI=1S/C10H14BNO2/c13-11(14)9-6-7-12-10(9)8-4-2-1-3-5-8/h1-5,9-10,12-14H,6-7H2/t9-,10-/m1/s1. The van der Waals surface area contributed by atoms with Gasteiger partial charge in [-0.25, -0.2) is 0 Å². The molecular formula is C10H14BNO2. The maximum atomic E-state index is 9.20. The quantitative estimate of drug-likeness (QED) is 0.598. The maximum absolute atomic E-state index is 9.20. The smallest absolute Gasteiger partial charge is 0.427 e. The average molecular weight is 191 g/mol. The molecule has 4 heteroatoms. The van der Waals surface area contributed by atoms with E-state index in [0.29, 0.717) is 0 Å². The Labute approximate surface area is 83.9 Å². The van der Waals surface area contributed by atoms with Gasteiger partial charge in [-0.15, -0.1) is 0 Å². The summed E-state index contributed by atoms with van der Waals surface area (Å²) in [4.78, 5) is 0. The Balaban J connectivity index is 2.18. The van der Waals surface area contributed by atoms with E-state index in [4.69, 9.17) is 0 Å². The Bertz CT molecular complexity index is 291. The molecule has 1 aromatic carbocycles. The molecule has 3 nitrogen and oxygen atoms in total. The molecule has 3 N–H and O–H groups in total. The number of benzene rings is 1. The normalized spacial score (nSPS) is 26.4. The molecular weight excluding hydrogens is 177 g/mol. The van der Waals surface area contributed by atoms with Crippen molar-refractivity contribution in [1.29, 1.82) is 0 Å². The van der Waals surface area contributed by atoms with Crippen LogP contribution in [-0.4, -0.2) is 23.7 Å². The lowest BCUT2D eigenvalue weighted by molar-refractivity contribution is 0.375. The van der Waals surface area contributed by atoms with Crippen LogP contribution in [0.1, 0.15) is 18.0 Å². The molecule has 2 rings (SSSR count). The van der Waals surface area contributed by atoms with E-state index in [1.54, 1.807) is 0 Å². The summed E-state index contributed by atoms with van der Waals surface area (Å²) in [5.41, 5.74) is 1.13. The van der Waals surface area contributed by atoms with Crippen LogP contribution in [0, 0.1) is 0 Å². The molecule has 14 heavy (non-hydrogen) atoms. The lowest BCUT2D eigenvalue weighted by Gasteiger charge is -2.18. The van der Waals surface area contributed by atoms with Crippen molar-refractivity contribution >= 4 is 7.12 Å². The van der Waals surface area contributed by atoms with Crippen LogP contribution < -0.4 is 5.32 Å². The van der Waals surface area contributed by atoms with Gasteiger partial charge in [0.1, 0.15) is 0 Å². The molecule has 0 unspecified atom stereocenters. The van der Waals surface area contributed by atoms with Gasteiger partial charge in [0.2, 0.25) is 0 Å². The summed E-state index contributed by atoms with van der Waals surface area (Å²) in [7, 11) is -1.23. The van der Waals surface area contributed by atoms with E-state index >= 15 is 0 Å². The molecule has 1 saturated heterocycles. The third kappa shape index (κ3) is 1.82. The zero-order chi connectivity index (χ0) is 9.97. The van der Waals surface area contributed by atoms with Crippen molar-refractivity contribution in [3.8, 4) is 0 Å². The number of nitrogens with one attached hydrogen (secondary N) is 1. The molecule has 0 spiro atoms. The van der Waals surface area contributed by atoms with Gasteiger partial charge in [-0.3, -0.25) is 0 Å². The second-order valence-electron chi connectivity index (χ2n) is 3.71.